The lowest BCUT2D eigenvalue weighted by molar-refractivity contribution is -0.131. The highest BCUT2D eigenvalue weighted by Crippen LogP contribution is 2.22. The van der Waals surface area contributed by atoms with Crippen LogP contribution >= 0.6 is 15.9 Å². The molecule has 0 atom stereocenters. The number of anilines is 1. The van der Waals surface area contributed by atoms with Gasteiger partial charge in [0.2, 0.25) is 5.91 Å². The summed E-state index contributed by atoms with van der Waals surface area (Å²) in [5.41, 5.74) is 3.41. The van der Waals surface area contributed by atoms with Crippen LogP contribution in [-0.4, -0.2) is 24.0 Å². The van der Waals surface area contributed by atoms with Crippen molar-refractivity contribution < 1.29 is 19.1 Å². The lowest BCUT2D eigenvalue weighted by Gasteiger charge is -2.17. The molecule has 2 N–H and O–H groups in total. The van der Waals surface area contributed by atoms with Gasteiger partial charge in [0.1, 0.15) is 5.75 Å². The molecule has 0 aromatic heterocycles. The van der Waals surface area contributed by atoms with E-state index in [1.807, 2.05) is 20.8 Å². The van der Waals surface area contributed by atoms with E-state index in [0.717, 1.165) is 4.47 Å². The van der Waals surface area contributed by atoms with Crippen LogP contribution in [0.4, 0.5) is 5.69 Å². The number of hydrogen-bond donors (Lipinski definition) is 2. The number of hydrogen-bond acceptors (Lipinski definition) is 5. The van der Waals surface area contributed by atoms with Crippen LogP contribution in [0.1, 0.15) is 43.6 Å². The second kappa shape index (κ2) is 9.47. The molecule has 0 spiro atoms. The number of benzene rings is 2. The van der Waals surface area contributed by atoms with Gasteiger partial charge in [-0.25, -0.2) is 5.43 Å². The summed E-state index contributed by atoms with van der Waals surface area (Å²) in [4.78, 5) is 35.4. The monoisotopic (exact) mass is 459 g/mol. The Kier molecular flexibility index (Phi) is 7.28. The van der Waals surface area contributed by atoms with E-state index in [4.69, 9.17) is 4.74 Å². The summed E-state index contributed by atoms with van der Waals surface area (Å²) in [5.74, 6) is -0.654. The van der Waals surface area contributed by atoms with Crippen LogP contribution in [0.15, 0.2) is 52.0 Å². The maximum Gasteiger partial charge on any atom is 0.308 e. The summed E-state index contributed by atoms with van der Waals surface area (Å²) in [6.07, 6.45) is 1.39. The standard InChI is InChI=1S/C21H22BrN3O4/c1-13(26)29-18-10-7-16(22)11-15(18)12-23-25-19(27)14-5-8-17(9-6-14)24-20(28)21(2,3)4/h5-12H,1-4H3,(H,24,28)(H,25,27)/b23-12-. The minimum Gasteiger partial charge on any atom is -0.426 e. The van der Waals surface area contributed by atoms with Gasteiger partial charge in [-0.3, -0.25) is 14.4 Å². The minimum absolute atomic E-state index is 0.114. The Morgan fingerprint density at radius 3 is 2.31 bits per heavy atom. The fourth-order valence-electron chi connectivity index (χ4n) is 2.12. The quantitative estimate of drug-likeness (QED) is 0.304. The van der Waals surface area contributed by atoms with Crippen molar-refractivity contribution in [2.24, 2.45) is 10.5 Å². The molecule has 152 valence electrons. The molecule has 0 aliphatic carbocycles. The molecule has 0 saturated heterocycles. The Labute approximate surface area is 177 Å². The van der Waals surface area contributed by atoms with Gasteiger partial charge in [-0.15, -0.1) is 0 Å². The lowest BCUT2D eigenvalue weighted by atomic mass is 9.95. The zero-order chi connectivity index (χ0) is 21.6. The Morgan fingerprint density at radius 1 is 1.07 bits per heavy atom. The number of carbonyl (C=O) groups excluding carboxylic acids is 3. The molecule has 0 aliphatic rings. The zero-order valence-electron chi connectivity index (χ0n) is 16.6. The van der Waals surface area contributed by atoms with E-state index in [1.54, 1.807) is 42.5 Å². The average Bonchev–Trinajstić information content (AvgIpc) is 2.63. The summed E-state index contributed by atoms with van der Waals surface area (Å²) >= 11 is 3.34. The predicted molar refractivity (Wildman–Crippen MR) is 115 cm³/mol. The SMILES string of the molecule is CC(=O)Oc1ccc(Br)cc1/C=N\NC(=O)c1ccc(NC(=O)C(C)(C)C)cc1. The molecule has 2 aromatic carbocycles. The first-order valence-corrected chi connectivity index (χ1v) is 9.58. The lowest BCUT2D eigenvalue weighted by Crippen LogP contribution is -2.27. The van der Waals surface area contributed by atoms with Crippen LogP contribution in [0.3, 0.4) is 0 Å². The van der Waals surface area contributed by atoms with Crippen molar-refractivity contribution in [3.63, 3.8) is 0 Å². The van der Waals surface area contributed by atoms with Gasteiger partial charge in [0.05, 0.1) is 6.21 Å². The van der Waals surface area contributed by atoms with E-state index in [0.29, 0.717) is 22.6 Å². The first-order valence-electron chi connectivity index (χ1n) is 8.79. The number of rotatable bonds is 5. The third-order valence-corrected chi connectivity index (χ3v) is 4.17. The predicted octanol–water partition coefficient (Wildman–Crippen LogP) is 4.12. The van der Waals surface area contributed by atoms with Crippen LogP contribution in [0.2, 0.25) is 0 Å². The molecule has 0 fully saturated rings. The van der Waals surface area contributed by atoms with Crippen LogP contribution in [-0.2, 0) is 9.59 Å². The molecule has 0 aliphatic heterocycles. The van der Waals surface area contributed by atoms with Gasteiger partial charge in [0, 0.05) is 33.6 Å². The Hall–Kier alpha value is -3.00. The molecule has 29 heavy (non-hydrogen) atoms. The summed E-state index contributed by atoms with van der Waals surface area (Å²) < 4.78 is 5.89. The van der Waals surface area contributed by atoms with Crippen molar-refractivity contribution in [1.29, 1.82) is 0 Å². The summed E-state index contributed by atoms with van der Waals surface area (Å²) in [6, 6.07) is 11.5. The van der Waals surface area contributed by atoms with Crippen LogP contribution in [0.5, 0.6) is 5.75 Å². The van der Waals surface area contributed by atoms with Crippen molar-refractivity contribution in [3.8, 4) is 5.75 Å². The second-order valence-electron chi connectivity index (χ2n) is 7.26. The first kappa shape index (κ1) is 22.3. The third-order valence-electron chi connectivity index (χ3n) is 3.68. The molecule has 0 saturated carbocycles. The first-order chi connectivity index (χ1) is 13.6. The van der Waals surface area contributed by atoms with Gasteiger partial charge >= 0.3 is 5.97 Å². The summed E-state index contributed by atoms with van der Waals surface area (Å²) in [7, 11) is 0. The van der Waals surface area contributed by atoms with Gasteiger partial charge < -0.3 is 10.1 Å². The highest BCUT2D eigenvalue weighted by Gasteiger charge is 2.21. The number of halogens is 1. The second-order valence-corrected chi connectivity index (χ2v) is 8.17. The number of nitrogens with zero attached hydrogens (tertiary/aromatic N) is 1. The normalized spacial score (nSPS) is 11.2. The van der Waals surface area contributed by atoms with Gasteiger partial charge in [-0.2, -0.15) is 5.10 Å². The molecule has 0 heterocycles. The van der Waals surface area contributed by atoms with E-state index in [9.17, 15) is 14.4 Å². The van der Waals surface area contributed by atoms with Crippen LogP contribution < -0.4 is 15.5 Å². The van der Waals surface area contributed by atoms with E-state index < -0.39 is 17.3 Å². The number of carbonyl (C=O) groups is 3. The molecule has 2 amide bonds. The Bertz CT molecular complexity index is 947. The molecule has 7 nitrogen and oxygen atoms in total. The Morgan fingerprint density at radius 2 is 1.72 bits per heavy atom. The number of amides is 2. The van der Waals surface area contributed by atoms with Gasteiger partial charge in [0.25, 0.3) is 5.91 Å². The van der Waals surface area contributed by atoms with E-state index >= 15 is 0 Å². The maximum atomic E-state index is 12.3. The molecule has 8 heteroatoms. The van der Waals surface area contributed by atoms with Crippen LogP contribution in [0, 0.1) is 5.41 Å². The highest BCUT2D eigenvalue weighted by atomic mass is 79.9. The summed E-state index contributed by atoms with van der Waals surface area (Å²) in [6.45, 7) is 6.76. The topological polar surface area (TPSA) is 96.9 Å². The largest absolute Gasteiger partial charge is 0.426 e. The van der Waals surface area contributed by atoms with Crippen molar-refractivity contribution in [2.75, 3.05) is 5.32 Å². The van der Waals surface area contributed by atoms with Crippen molar-refractivity contribution in [2.45, 2.75) is 27.7 Å². The van der Waals surface area contributed by atoms with E-state index in [1.165, 1.54) is 13.1 Å². The van der Waals surface area contributed by atoms with Gasteiger partial charge in [-0.1, -0.05) is 36.7 Å². The molecule has 2 aromatic rings. The minimum atomic E-state index is -0.512. The molecule has 0 bridgehead atoms. The number of hydrazone groups is 1. The molecular weight excluding hydrogens is 438 g/mol. The number of nitrogens with one attached hydrogen (secondary N) is 2. The highest BCUT2D eigenvalue weighted by molar-refractivity contribution is 9.10. The zero-order valence-corrected chi connectivity index (χ0v) is 18.2. The van der Waals surface area contributed by atoms with Gasteiger partial charge in [0.15, 0.2) is 0 Å². The van der Waals surface area contributed by atoms with Gasteiger partial charge in [-0.05, 0) is 42.5 Å². The maximum absolute atomic E-state index is 12.3. The smallest absolute Gasteiger partial charge is 0.308 e. The summed E-state index contributed by atoms with van der Waals surface area (Å²) in [5, 5.41) is 6.72. The Balaban J connectivity index is 2.03. The van der Waals surface area contributed by atoms with Crippen molar-refractivity contribution in [1.82, 2.24) is 5.43 Å². The third kappa shape index (κ3) is 6.83. The molecule has 0 radical (unpaired) electrons. The van der Waals surface area contributed by atoms with E-state index in [2.05, 4.69) is 31.8 Å². The fourth-order valence-corrected chi connectivity index (χ4v) is 2.50. The van der Waals surface area contributed by atoms with Crippen molar-refractivity contribution in [3.05, 3.63) is 58.1 Å². The van der Waals surface area contributed by atoms with Crippen molar-refractivity contribution >= 4 is 45.6 Å². The molecule has 2 rings (SSSR count). The molecular formula is C21H22BrN3O4. The number of esters is 1. The molecule has 0 unspecified atom stereocenters. The average molecular weight is 460 g/mol. The number of ether oxygens (including phenoxy) is 1. The van der Waals surface area contributed by atoms with Crippen LogP contribution in [0.25, 0.3) is 0 Å². The fraction of sp³-hybridized carbons (Fsp3) is 0.238. The van der Waals surface area contributed by atoms with E-state index in [-0.39, 0.29) is 5.91 Å².